The monoisotopic (exact) mass is 239 g/mol. The fourth-order valence-electron chi connectivity index (χ4n) is 0.678. The molecule has 0 amide bonds. The molecule has 15 heavy (non-hydrogen) atoms. The zero-order valence-corrected chi connectivity index (χ0v) is 9.46. The van der Waals surface area contributed by atoms with E-state index in [1.54, 1.807) is 0 Å². The second-order valence-electron chi connectivity index (χ2n) is 2.35. The summed E-state index contributed by atoms with van der Waals surface area (Å²) in [4.78, 5) is 4.31. The second kappa shape index (κ2) is 16.1. The zero-order chi connectivity index (χ0) is 10.5. The van der Waals surface area contributed by atoms with Crippen molar-refractivity contribution in [3.8, 4) is 12.3 Å². The topological polar surface area (TPSA) is 62.9 Å². The highest BCUT2D eigenvalue weighted by molar-refractivity contribution is 5.85. The van der Waals surface area contributed by atoms with Crippen LogP contribution in [0.3, 0.4) is 0 Å². The summed E-state index contributed by atoms with van der Waals surface area (Å²) in [5.74, 6) is 7.16. The van der Waals surface area contributed by atoms with Crippen LogP contribution in [0.15, 0.2) is 0 Å². The molecule has 2 N–H and O–H groups in total. The summed E-state index contributed by atoms with van der Waals surface area (Å²) in [6, 6.07) is 0. The lowest BCUT2D eigenvalue weighted by Crippen LogP contribution is -2.13. The molecule has 5 nitrogen and oxygen atoms in total. The highest BCUT2D eigenvalue weighted by Gasteiger charge is 1.90. The normalized spacial score (nSPS) is 9.33. The molecule has 0 aliphatic carbocycles. The van der Waals surface area contributed by atoms with E-state index in [2.05, 4.69) is 10.8 Å². The van der Waals surface area contributed by atoms with Crippen LogP contribution in [0, 0.1) is 12.3 Å². The molecule has 0 radical (unpaired) electrons. The summed E-state index contributed by atoms with van der Waals surface area (Å²) in [5.41, 5.74) is 0. The lowest BCUT2D eigenvalue weighted by Gasteiger charge is -2.04. The van der Waals surface area contributed by atoms with Crippen molar-refractivity contribution in [1.82, 2.24) is 0 Å². The lowest BCUT2D eigenvalue weighted by molar-refractivity contribution is 0.00107. The summed E-state index contributed by atoms with van der Waals surface area (Å²) >= 11 is 0. The van der Waals surface area contributed by atoms with Crippen molar-refractivity contribution < 1.29 is 19.0 Å². The summed E-state index contributed by atoms with van der Waals surface area (Å²) < 4.78 is 15.3. The van der Waals surface area contributed by atoms with E-state index in [9.17, 15) is 0 Å². The molecule has 0 aromatic carbocycles. The molecule has 0 aliphatic rings. The van der Waals surface area contributed by atoms with Gasteiger partial charge in [-0.1, -0.05) is 5.92 Å². The summed E-state index contributed by atoms with van der Waals surface area (Å²) in [6.45, 7) is 3.30. The summed E-state index contributed by atoms with van der Waals surface area (Å²) in [5, 5.41) is 0. The first-order chi connectivity index (χ1) is 6.91. The standard InChI is InChI=1S/C9H17NO4.ClH/c1-2-3-11-4-5-12-6-7-13-8-9-14-10;/h1H,3-10H2;1H. The van der Waals surface area contributed by atoms with Crippen LogP contribution in [0.1, 0.15) is 0 Å². The molecule has 0 aromatic rings. The Hall–Kier alpha value is -0.350. The van der Waals surface area contributed by atoms with Crippen molar-refractivity contribution in [2.24, 2.45) is 5.90 Å². The van der Waals surface area contributed by atoms with Gasteiger partial charge in [-0.2, -0.15) is 0 Å². The maximum absolute atomic E-state index is 5.17. The number of terminal acetylenes is 1. The molecule has 0 spiro atoms. The van der Waals surface area contributed by atoms with Gasteiger partial charge in [-0.15, -0.1) is 18.8 Å². The molecule has 0 rings (SSSR count). The zero-order valence-electron chi connectivity index (χ0n) is 8.65. The molecule has 90 valence electrons. The number of rotatable bonds is 10. The third-order valence-corrected chi connectivity index (χ3v) is 1.27. The number of nitrogens with two attached hydrogens (primary N) is 1. The third-order valence-electron chi connectivity index (χ3n) is 1.27. The van der Waals surface area contributed by atoms with Gasteiger partial charge < -0.3 is 19.0 Å². The van der Waals surface area contributed by atoms with E-state index in [1.165, 1.54) is 0 Å². The Balaban J connectivity index is 0. The first-order valence-electron chi connectivity index (χ1n) is 4.40. The number of hydrogen-bond acceptors (Lipinski definition) is 5. The molecule has 0 saturated heterocycles. The van der Waals surface area contributed by atoms with Crippen LogP contribution in [-0.2, 0) is 19.0 Å². The van der Waals surface area contributed by atoms with Gasteiger partial charge in [0.25, 0.3) is 0 Å². The fraction of sp³-hybridized carbons (Fsp3) is 0.778. The minimum atomic E-state index is 0. The number of halogens is 1. The second-order valence-corrected chi connectivity index (χ2v) is 2.35. The van der Waals surface area contributed by atoms with Crippen LogP contribution in [-0.4, -0.2) is 46.2 Å². The van der Waals surface area contributed by atoms with E-state index in [1.807, 2.05) is 0 Å². The van der Waals surface area contributed by atoms with Crippen molar-refractivity contribution >= 4 is 12.4 Å². The molecule has 0 aromatic heterocycles. The van der Waals surface area contributed by atoms with E-state index >= 15 is 0 Å². The molecule has 0 bridgehead atoms. The smallest absolute Gasteiger partial charge is 0.107 e. The van der Waals surface area contributed by atoms with Crippen LogP contribution in [0.5, 0.6) is 0 Å². The van der Waals surface area contributed by atoms with Crippen molar-refractivity contribution in [2.75, 3.05) is 46.2 Å². The van der Waals surface area contributed by atoms with Gasteiger partial charge in [0.05, 0.1) is 39.6 Å². The molecule has 0 aliphatic heterocycles. The largest absolute Gasteiger partial charge is 0.377 e. The van der Waals surface area contributed by atoms with Gasteiger partial charge >= 0.3 is 0 Å². The van der Waals surface area contributed by atoms with E-state index in [4.69, 9.17) is 26.5 Å². The average Bonchev–Trinajstić information content (AvgIpc) is 2.21. The Labute approximate surface area is 96.6 Å². The van der Waals surface area contributed by atoms with E-state index < -0.39 is 0 Å². The Bertz CT molecular complexity index is 152. The molecule has 0 fully saturated rings. The number of ether oxygens (including phenoxy) is 3. The van der Waals surface area contributed by atoms with Crippen LogP contribution < -0.4 is 5.90 Å². The molecule has 0 saturated carbocycles. The van der Waals surface area contributed by atoms with Crippen molar-refractivity contribution in [3.05, 3.63) is 0 Å². The van der Waals surface area contributed by atoms with E-state index in [0.717, 1.165) is 0 Å². The van der Waals surface area contributed by atoms with Gasteiger partial charge in [0.2, 0.25) is 0 Å². The van der Waals surface area contributed by atoms with Crippen LogP contribution in [0.2, 0.25) is 0 Å². The molecule has 6 heteroatoms. The molecule has 0 unspecified atom stereocenters. The molecule has 0 heterocycles. The predicted octanol–water partition coefficient (Wildman–Crippen LogP) is -0.0185. The fourth-order valence-corrected chi connectivity index (χ4v) is 0.678. The van der Waals surface area contributed by atoms with Gasteiger partial charge in [-0.25, -0.2) is 5.90 Å². The maximum Gasteiger partial charge on any atom is 0.107 e. The van der Waals surface area contributed by atoms with Crippen molar-refractivity contribution in [2.45, 2.75) is 0 Å². The summed E-state index contributed by atoms with van der Waals surface area (Å²) in [7, 11) is 0. The molecular formula is C9H18ClNO4. The maximum atomic E-state index is 5.17. The SMILES string of the molecule is C#CCOCCOCCOCCON.Cl. The average molecular weight is 240 g/mol. The van der Waals surface area contributed by atoms with Gasteiger partial charge in [-0.3, -0.25) is 0 Å². The minimum absolute atomic E-state index is 0. The van der Waals surface area contributed by atoms with Gasteiger partial charge in [0.1, 0.15) is 6.61 Å². The van der Waals surface area contributed by atoms with Crippen LogP contribution in [0.4, 0.5) is 0 Å². The Morgan fingerprint density at radius 1 is 0.867 bits per heavy atom. The molecular weight excluding hydrogens is 222 g/mol. The molecule has 0 atom stereocenters. The Kier molecular flexibility index (Phi) is 18.3. The quantitative estimate of drug-likeness (QED) is 0.330. The van der Waals surface area contributed by atoms with Crippen LogP contribution >= 0.6 is 12.4 Å². The van der Waals surface area contributed by atoms with Crippen molar-refractivity contribution in [1.29, 1.82) is 0 Å². The summed E-state index contributed by atoms with van der Waals surface area (Å²) in [6.07, 6.45) is 4.98. The van der Waals surface area contributed by atoms with Gasteiger partial charge in [0, 0.05) is 0 Å². The van der Waals surface area contributed by atoms with E-state index in [0.29, 0.717) is 46.2 Å². The lowest BCUT2D eigenvalue weighted by atomic mass is 10.7. The predicted molar refractivity (Wildman–Crippen MR) is 58.7 cm³/mol. The third kappa shape index (κ3) is 16.3. The first-order valence-corrected chi connectivity index (χ1v) is 4.40. The Morgan fingerprint density at radius 3 is 1.80 bits per heavy atom. The van der Waals surface area contributed by atoms with Crippen molar-refractivity contribution in [3.63, 3.8) is 0 Å². The highest BCUT2D eigenvalue weighted by atomic mass is 35.5. The van der Waals surface area contributed by atoms with Gasteiger partial charge in [0.15, 0.2) is 0 Å². The van der Waals surface area contributed by atoms with Gasteiger partial charge in [-0.05, 0) is 0 Å². The highest BCUT2D eigenvalue weighted by Crippen LogP contribution is 1.80. The first kappa shape index (κ1) is 17.1. The minimum Gasteiger partial charge on any atom is -0.377 e. The van der Waals surface area contributed by atoms with Crippen LogP contribution in [0.25, 0.3) is 0 Å². The Morgan fingerprint density at radius 2 is 1.33 bits per heavy atom. The van der Waals surface area contributed by atoms with E-state index in [-0.39, 0.29) is 12.4 Å². The number of hydrogen-bond donors (Lipinski definition) is 1.